The second-order valence-electron chi connectivity index (χ2n) is 5.09. The van der Waals surface area contributed by atoms with Gasteiger partial charge in [0.25, 0.3) is 5.91 Å². The maximum atomic E-state index is 11.9. The van der Waals surface area contributed by atoms with Crippen LogP contribution in [0.4, 0.5) is 0 Å². The Morgan fingerprint density at radius 1 is 1.37 bits per heavy atom. The number of hydrogen-bond acceptors (Lipinski definition) is 3. The van der Waals surface area contributed by atoms with Crippen molar-refractivity contribution in [3.8, 4) is 5.75 Å². The third-order valence-corrected chi connectivity index (χ3v) is 3.58. The molecule has 1 fully saturated rings. The third-order valence-electron chi connectivity index (χ3n) is 3.58. The van der Waals surface area contributed by atoms with E-state index in [0.29, 0.717) is 11.5 Å². The molecule has 0 spiro atoms. The number of aromatic hydroxyl groups is 1. The summed E-state index contributed by atoms with van der Waals surface area (Å²) in [4.78, 5) is 11.9. The van der Waals surface area contributed by atoms with Crippen molar-refractivity contribution in [2.24, 2.45) is 11.0 Å². The second-order valence-corrected chi connectivity index (χ2v) is 5.09. The van der Waals surface area contributed by atoms with E-state index in [1.165, 1.54) is 19.3 Å². The van der Waals surface area contributed by atoms with E-state index in [2.05, 4.69) is 10.5 Å². The number of hydrogen-bond donors (Lipinski definition) is 2. The van der Waals surface area contributed by atoms with Crippen LogP contribution in [-0.4, -0.2) is 17.2 Å². The SMILES string of the molecule is Cc1cccc(C(=O)N/N=C\C2CCCCC2)c1O. The summed E-state index contributed by atoms with van der Waals surface area (Å²) in [5.41, 5.74) is 3.43. The minimum Gasteiger partial charge on any atom is -0.507 e. The summed E-state index contributed by atoms with van der Waals surface area (Å²) in [7, 11) is 0. The minimum atomic E-state index is -0.367. The average molecular weight is 260 g/mol. The second kappa shape index (κ2) is 6.36. The molecule has 1 aromatic rings. The molecule has 0 atom stereocenters. The van der Waals surface area contributed by atoms with Crippen molar-refractivity contribution in [3.63, 3.8) is 0 Å². The fourth-order valence-corrected chi connectivity index (χ4v) is 2.39. The molecule has 19 heavy (non-hydrogen) atoms. The summed E-state index contributed by atoms with van der Waals surface area (Å²) >= 11 is 0. The van der Waals surface area contributed by atoms with Crippen molar-refractivity contribution in [3.05, 3.63) is 29.3 Å². The lowest BCUT2D eigenvalue weighted by molar-refractivity contribution is 0.0952. The molecule has 0 aliphatic heterocycles. The van der Waals surface area contributed by atoms with Gasteiger partial charge in [0.2, 0.25) is 0 Å². The van der Waals surface area contributed by atoms with E-state index in [4.69, 9.17) is 0 Å². The highest BCUT2D eigenvalue weighted by Crippen LogP contribution is 2.22. The van der Waals surface area contributed by atoms with Gasteiger partial charge in [-0.2, -0.15) is 5.10 Å². The fraction of sp³-hybridized carbons (Fsp3) is 0.467. The molecule has 1 aliphatic carbocycles. The zero-order valence-electron chi connectivity index (χ0n) is 11.2. The quantitative estimate of drug-likeness (QED) is 0.648. The van der Waals surface area contributed by atoms with Crippen molar-refractivity contribution in [1.29, 1.82) is 0 Å². The molecule has 102 valence electrons. The lowest BCUT2D eigenvalue weighted by Crippen LogP contribution is -2.19. The topological polar surface area (TPSA) is 61.7 Å². The number of phenolic OH excluding ortho intramolecular Hbond substituents is 1. The van der Waals surface area contributed by atoms with Crippen LogP contribution >= 0.6 is 0 Å². The van der Waals surface area contributed by atoms with E-state index >= 15 is 0 Å². The number of benzene rings is 1. The smallest absolute Gasteiger partial charge is 0.275 e. The Hall–Kier alpha value is -1.84. The summed E-state index contributed by atoms with van der Waals surface area (Å²) in [6.45, 7) is 1.76. The lowest BCUT2D eigenvalue weighted by Gasteiger charge is -2.16. The number of amides is 1. The minimum absolute atomic E-state index is 0.0212. The molecule has 1 aromatic carbocycles. The first-order chi connectivity index (χ1) is 9.18. The Bertz CT molecular complexity index is 477. The predicted octanol–water partition coefficient (Wildman–Crippen LogP) is 3.00. The van der Waals surface area contributed by atoms with Crippen LogP contribution in [0.2, 0.25) is 0 Å². The van der Waals surface area contributed by atoms with Crippen LogP contribution in [0.15, 0.2) is 23.3 Å². The van der Waals surface area contributed by atoms with Gasteiger partial charge in [-0.25, -0.2) is 5.43 Å². The third kappa shape index (κ3) is 3.56. The molecule has 0 unspecified atom stereocenters. The lowest BCUT2D eigenvalue weighted by atomic mass is 9.90. The molecule has 1 amide bonds. The van der Waals surface area contributed by atoms with Gasteiger partial charge in [-0.05, 0) is 37.3 Å². The number of para-hydroxylation sites is 1. The number of aryl methyl sites for hydroxylation is 1. The molecular formula is C15H20N2O2. The summed E-state index contributed by atoms with van der Waals surface area (Å²) in [6.07, 6.45) is 7.90. The standard InChI is InChI=1S/C15H20N2O2/c1-11-6-5-9-13(14(11)18)15(19)17-16-10-12-7-3-2-4-8-12/h5-6,9-10,12,18H,2-4,7-8H2,1H3,(H,17,19)/b16-10-. The fourth-order valence-electron chi connectivity index (χ4n) is 2.39. The molecule has 0 heterocycles. The van der Waals surface area contributed by atoms with Crippen molar-refractivity contribution in [1.82, 2.24) is 5.43 Å². The highest BCUT2D eigenvalue weighted by Gasteiger charge is 2.13. The van der Waals surface area contributed by atoms with E-state index in [1.54, 1.807) is 25.1 Å². The average Bonchev–Trinajstić information content (AvgIpc) is 2.43. The van der Waals surface area contributed by atoms with Crippen LogP contribution in [0.3, 0.4) is 0 Å². The highest BCUT2D eigenvalue weighted by molar-refractivity contribution is 5.97. The Kier molecular flexibility index (Phi) is 4.55. The Morgan fingerprint density at radius 2 is 2.11 bits per heavy atom. The Balaban J connectivity index is 1.93. The van der Waals surface area contributed by atoms with E-state index in [1.807, 2.05) is 6.21 Å². The van der Waals surface area contributed by atoms with E-state index in [9.17, 15) is 9.90 Å². The molecule has 4 nitrogen and oxygen atoms in total. The largest absolute Gasteiger partial charge is 0.507 e. The zero-order chi connectivity index (χ0) is 13.7. The van der Waals surface area contributed by atoms with Gasteiger partial charge in [0.15, 0.2) is 0 Å². The molecule has 2 rings (SSSR count). The number of rotatable bonds is 3. The van der Waals surface area contributed by atoms with Crippen LogP contribution in [0, 0.1) is 12.8 Å². The van der Waals surface area contributed by atoms with E-state index in [0.717, 1.165) is 12.8 Å². The molecule has 1 aliphatic rings. The number of hydrazone groups is 1. The van der Waals surface area contributed by atoms with Gasteiger partial charge >= 0.3 is 0 Å². The Morgan fingerprint density at radius 3 is 2.84 bits per heavy atom. The van der Waals surface area contributed by atoms with Crippen molar-refractivity contribution < 1.29 is 9.90 Å². The van der Waals surface area contributed by atoms with Crippen molar-refractivity contribution in [2.45, 2.75) is 39.0 Å². The van der Waals surface area contributed by atoms with Gasteiger partial charge in [-0.3, -0.25) is 4.79 Å². The molecule has 4 heteroatoms. The maximum Gasteiger partial charge on any atom is 0.275 e. The molecule has 0 aromatic heterocycles. The Labute approximate surface area is 113 Å². The summed E-state index contributed by atoms with van der Waals surface area (Å²) in [5, 5.41) is 13.8. The summed E-state index contributed by atoms with van der Waals surface area (Å²) in [5.74, 6) is 0.126. The van der Waals surface area contributed by atoms with Crippen LogP contribution in [-0.2, 0) is 0 Å². The van der Waals surface area contributed by atoms with Crippen LogP contribution in [0.5, 0.6) is 5.75 Å². The first kappa shape index (κ1) is 13.6. The van der Waals surface area contributed by atoms with E-state index in [-0.39, 0.29) is 17.2 Å². The zero-order valence-corrected chi connectivity index (χ0v) is 11.2. The molecule has 0 radical (unpaired) electrons. The van der Waals surface area contributed by atoms with Crippen LogP contribution in [0.1, 0.15) is 48.0 Å². The number of nitrogens with zero attached hydrogens (tertiary/aromatic N) is 1. The number of nitrogens with one attached hydrogen (secondary N) is 1. The predicted molar refractivity (Wildman–Crippen MR) is 75.4 cm³/mol. The maximum absolute atomic E-state index is 11.9. The van der Waals surface area contributed by atoms with Gasteiger partial charge in [0.05, 0.1) is 5.56 Å². The van der Waals surface area contributed by atoms with Crippen molar-refractivity contribution >= 4 is 12.1 Å². The van der Waals surface area contributed by atoms with Gasteiger partial charge in [0, 0.05) is 6.21 Å². The van der Waals surface area contributed by atoms with Crippen LogP contribution in [0.25, 0.3) is 0 Å². The highest BCUT2D eigenvalue weighted by atomic mass is 16.3. The molecule has 2 N–H and O–H groups in total. The number of carbonyl (C=O) groups is 1. The normalized spacial score (nSPS) is 16.7. The van der Waals surface area contributed by atoms with Gasteiger partial charge in [-0.15, -0.1) is 0 Å². The number of phenols is 1. The monoisotopic (exact) mass is 260 g/mol. The van der Waals surface area contributed by atoms with Crippen LogP contribution < -0.4 is 5.43 Å². The molecule has 0 saturated heterocycles. The molecule has 0 bridgehead atoms. The molecular weight excluding hydrogens is 240 g/mol. The summed E-state index contributed by atoms with van der Waals surface area (Å²) in [6, 6.07) is 5.10. The van der Waals surface area contributed by atoms with Gasteiger partial charge in [0.1, 0.15) is 5.75 Å². The first-order valence-electron chi connectivity index (χ1n) is 6.80. The first-order valence-corrected chi connectivity index (χ1v) is 6.80. The number of carbonyl (C=O) groups excluding carboxylic acids is 1. The van der Waals surface area contributed by atoms with Gasteiger partial charge < -0.3 is 5.11 Å². The molecule has 1 saturated carbocycles. The van der Waals surface area contributed by atoms with Crippen molar-refractivity contribution in [2.75, 3.05) is 0 Å². The summed E-state index contributed by atoms with van der Waals surface area (Å²) < 4.78 is 0. The van der Waals surface area contributed by atoms with Gasteiger partial charge in [-0.1, -0.05) is 31.4 Å². The van der Waals surface area contributed by atoms with E-state index < -0.39 is 0 Å².